The lowest BCUT2D eigenvalue weighted by atomic mass is 10.1. The number of esters is 1. The van der Waals surface area contributed by atoms with Crippen LogP contribution in [0.4, 0.5) is 5.69 Å². The van der Waals surface area contributed by atoms with E-state index in [2.05, 4.69) is 0 Å². The van der Waals surface area contributed by atoms with Crippen LogP contribution in [0, 0.1) is 0 Å². The Hall–Kier alpha value is -3.02. The molecule has 0 bridgehead atoms. The first-order valence-electron chi connectivity index (χ1n) is 8.37. The molecule has 0 unspecified atom stereocenters. The van der Waals surface area contributed by atoms with Gasteiger partial charge in [-0.3, -0.25) is 4.79 Å². The molecule has 1 aliphatic rings. The van der Waals surface area contributed by atoms with Gasteiger partial charge in [-0.05, 0) is 61.4 Å². The molecule has 0 fully saturated rings. The highest BCUT2D eigenvalue weighted by Crippen LogP contribution is 2.30. The van der Waals surface area contributed by atoms with Gasteiger partial charge in [0.05, 0.1) is 19.8 Å². The fraction of sp³-hybridized carbons (Fsp3) is 0.300. The van der Waals surface area contributed by atoms with Crippen LogP contribution in [-0.4, -0.2) is 38.7 Å². The maximum atomic E-state index is 12.8. The van der Waals surface area contributed by atoms with Gasteiger partial charge in [-0.1, -0.05) is 0 Å². The quantitative estimate of drug-likeness (QED) is 0.772. The summed E-state index contributed by atoms with van der Waals surface area (Å²) in [6.07, 6.45) is 0.0656. The zero-order chi connectivity index (χ0) is 18.7. The summed E-state index contributed by atoms with van der Waals surface area (Å²) in [5, 5.41) is 0. The first-order valence-corrected chi connectivity index (χ1v) is 8.37. The van der Waals surface area contributed by atoms with Gasteiger partial charge in [0, 0.05) is 12.2 Å². The zero-order valence-electron chi connectivity index (χ0n) is 15.0. The first kappa shape index (κ1) is 17.8. The third kappa shape index (κ3) is 3.49. The van der Waals surface area contributed by atoms with Crippen LogP contribution in [0.2, 0.25) is 0 Å². The summed E-state index contributed by atoms with van der Waals surface area (Å²) in [4.78, 5) is 26.1. The number of nitrogens with zero attached hydrogens (tertiary/aromatic N) is 1. The highest BCUT2D eigenvalue weighted by Gasteiger charge is 2.29. The molecule has 0 aliphatic carbocycles. The molecule has 136 valence electrons. The van der Waals surface area contributed by atoms with E-state index in [0.717, 1.165) is 17.0 Å². The molecule has 6 heteroatoms. The lowest BCUT2D eigenvalue weighted by Gasteiger charge is -2.22. The van der Waals surface area contributed by atoms with Gasteiger partial charge < -0.3 is 19.1 Å². The molecule has 0 spiro atoms. The van der Waals surface area contributed by atoms with E-state index in [-0.39, 0.29) is 11.9 Å². The Morgan fingerprint density at radius 1 is 1.04 bits per heavy atom. The van der Waals surface area contributed by atoms with Crippen LogP contribution < -0.4 is 14.4 Å². The van der Waals surface area contributed by atoms with E-state index >= 15 is 0 Å². The summed E-state index contributed by atoms with van der Waals surface area (Å²) >= 11 is 0. The summed E-state index contributed by atoms with van der Waals surface area (Å²) in [5.41, 5.74) is 2.26. The maximum absolute atomic E-state index is 12.8. The Labute approximate surface area is 152 Å². The number of benzene rings is 2. The number of hydrogen-bond donors (Lipinski definition) is 0. The lowest BCUT2D eigenvalue weighted by molar-refractivity contribution is -0.124. The second-order valence-electron chi connectivity index (χ2n) is 6.01. The monoisotopic (exact) mass is 355 g/mol. The molecule has 1 aliphatic heterocycles. The number of rotatable bonds is 5. The number of methoxy groups -OCH3 is 2. The first-order chi connectivity index (χ1) is 12.5. The van der Waals surface area contributed by atoms with Crippen molar-refractivity contribution in [2.24, 2.45) is 0 Å². The lowest BCUT2D eigenvalue weighted by Crippen LogP contribution is -2.39. The van der Waals surface area contributed by atoms with Crippen LogP contribution in [0.5, 0.6) is 11.5 Å². The maximum Gasteiger partial charge on any atom is 0.337 e. The molecule has 6 nitrogen and oxygen atoms in total. The fourth-order valence-electron chi connectivity index (χ4n) is 3.00. The van der Waals surface area contributed by atoms with Crippen molar-refractivity contribution in [1.29, 1.82) is 0 Å². The summed E-state index contributed by atoms with van der Waals surface area (Å²) in [6, 6.07) is 12.3. The minimum atomic E-state index is -0.630. The second-order valence-corrected chi connectivity index (χ2v) is 6.01. The Morgan fingerprint density at radius 3 is 2.38 bits per heavy atom. The van der Waals surface area contributed by atoms with E-state index in [0.29, 0.717) is 24.3 Å². The average molecular weight is 355 g/mol. The third-order valence-corrected chi connectivity index (χ3v) is 4.38. The van der Waals surface area contributed by atoms with Crippen molar-refractivity contribution in [3.8, 4) is 11.5 Å². The van der Waals surface area contributed by atoms with Crippen molar-refractivity contribution in [1.82, 2.24) is 0 Å². The summed E-state index contributed by atoms with van der Waals surface area (Å²) in [5.74, 6) is 0.831. The van der Waals surface area contributed by atoms with Crippen LogP contribution in [0.15, 0.2) is 42.5 Å². The highest BCUT2D eigenvalue weighted by atomic mass is 16.5. The van der Waals surface area contributed by atoms with E-state index in [1.807, 2.05) is 0 Å². The number of ether oxygens (including phenoxy) is 3. The molecule has 0 saturated heterocycles. The fourth-order valence-corrected chi connectivity index (χ4v) is 3.00. The van der Waals surface area contributed by atoms with Gasteiger partial charge in [-0.2, -0.15) is 0 Å². The standard InChI is InChI=1S/C20H21NO5/c1-13(26-17-7-5-16(24-2)6-8-17)19(22)21-11-10-14-12-15(20(23)25-3)4-9-18(14)21/h4-9,12-13H,10-11H2,1-3H3/t13-/m1/s1. The molecule has 0 radical (unpaired) electrons. The van der Waals surface area contributed by atoms with Crippen LogP contribution in [0.25, 0.3) is 0 Å². The molecule has 1 atom stereocenters. The van der Waals surface area contributed by atoms with Gasteiger partial charge in [0.25, 0.3) is 5.91 Å². The van der Waals surface area contributed by atoms with Gasteiger partial charge >= 0.3 is 5.97 Å². The van der Waals surface area contributed by atoms with Gasteiger partial charge in [-0.25, -0.2) is 4.79 Å². The Kier molecular flexibility index (Phi) is 5.11. The van der Waals surface area contributed by atoms with Gasteiger partial charge in [0.2, 0.25) is 0 Å². The number of hydrogen-bond acceptors (Lipinski definition) is 5. The van der Waals surface area contributed by atoms with Crippen molar-refractivity contribution in [3.05, 3.63) is 53.6 Å². The minimum absolute atomic E-state index is 0.120. The van der Waals surface area contributed by atoms with E-state index in [1.54, 1.807) is 61.4 Å². The van der Waals surface area contributed by atoms with Gasteiger partial charge in [-0.15, -0.1) is 0 Å². The Balaban J connectivity index is 1.72. The topological polar surface area (TPSA) is 65.1 Å². The Bertz CT molecular complexity index is 815. The predicted octanol–water partition coefficient (Wildman–Crippen LogP) is 2.84. The normalized spacial score (nSPS) is 13.7. The smallest absolute Gasteiger partial charge is 0.337 e. The molecular weight excluding hydrogens is 334 g/mol. The highest BCUT2D eigenvalue weighted by molar-refractivity contribution is 5.99. The van der Waals surface area contributed by atoms with Crippen molar-refractivity contribution >= 4 is 17.6 Å². The van der Waals surface area contributed by atoms with Gasteiger partial charge in [0.15, 0.2) is 6.10 Å². The molecule has 3 rings (SSSR count). The van der Waals surface area contributed by atoms with E-state index in [9.17, 15) is 9.59 Å². The SMILES string of the molecule is COC(=O)c1ccc2c(c1)CCN2C(=O)[C@@H](C)Oc1ccc(OC)cc1. The van der Waals surface area contributed by atoms with Crippen molar-refractivity contribution < 1.29 is 23.8 Å². The third-order valence-electron chi connectivity index (χ3n) is 4.38. The number of carbonyl (C=O) groups is 2. The number of amides is 1. The molecule has 2 aromatic rings. The molecular formula is C20H21NO5. The number of anilines is 1. The van der Waals surface area contributed by atoms with Crippen molar-refractivity contribution in [2.45, 2.75) is 19.4 Å². The largest absolute Gasteiger partial charge is 0.497 e. The van der Waals surface area contributed by atoms with E-state index in [1.165, 1.54) is 7.11 Å². The molecule has 0 N–H and O–H groups in total. The van der Waals surface area contributed by atoms with Crippen molar-refractivity contribution in [2.75, 3.05) is 25.7 Å². The minimum Gasteiger partial charge on any atom is -0.497 e. The molecule has 26 heavy (non-hydrogen) atoms. The zero-order valence-corrected chi connectivity index (χ0v) is 15.0. The molecule has 0 saturated carbocycles. The van der Waals surface area contributed by atoms with Crippen LogP contribution >= 0.6 is 0 Å². The average Bonchev–Trinajstić information content (AvgIpc) is 3.10. The van der Waals surface area contributed by atoms with Crippen molar-refractivity contribution in [3.63, 3.8) is 0 Å². The second kappa shape index (κ2) is 7.47. The Morgan fingerprint density at radius 2 is 1.73 bits per heavy atom. The van der Waals surface area contributed by atoms with Gasteiger partial charge in [0.1, 0.15) is 11.5 Å². The molecule has 1 heterocycles. The molecule has 2 aromatic carbocycles. The van der Waals surface area contributed by atoms with Crippen LogP contribution in [-0.2, 0) is 16.0 Å². The number of carbonyl (C=O) groups excluding carboxylic acids is 2. The van der Waals surface area contributed by atoms with E-state index in [4.69, 9.17) is 14.2 Å². The van der Waals surface area contributed by atoms with Crippen LogP contribution in [0.3, 0.4) is 0 Å². The van der Waals surface area contributed by atoms with Crippen LogP contribution in [0.1, 0.15) is 22.8 Å². The van der Waals surface area contributed by atoms with E-state index < -0.39 is 6.10 Å². The predicted molar refractivity (Wildman–Crippen MR) is 96.9 cm³/mol. The summed E-state index contributed by atoms with van der Waals surface area (Å²) < 4.78 is 15.6. The summed E-state index contributed by atoms with van der Waals surface area (Å²) in [7, 11) is 2.95. The molecule has 1 amide bonds. The number of fused-ring (bicyclic) bond motifs is 1. The molecule has 0 aromatic heterocycles. The summed E-state index contributed by atoms with van der Waals surface area (Å²) in [6.45, 7) is 2.29.